The molecule has 0 aliphatic carbocycles. The fraction of sp³-hybridized carbons (Fsp3) is 0.455. The maximum absolute atomic E-state index is 4.38. The molecule has 1 aromatic rings. The molecule has 1 aromatic heterocycles. The summed E-state index contributed by atoms with van der Waals surface area (Å²) in [6, 6.07) is 2.08. The molecular formula is C11H16N2S. The third-order valence-corrected chi connectivity index (χ3v) is 2.16. The largest absolute Gasteiger partial charge is 0.258 e. The van der Waals surface area contributed by atoms with Crippen molar-refractivity contribution in [2.45, 2.75) is 33.1 Å². The number of aromatic nitrogens is 1. The van der Waals surface area contributed by atoms with Crippen LogP contribution in [-0.2, 0) is 5.41 Å². The molecule has 0 saturated heterocycles. The number of aliphatic imine (C=N–C) groups is 1. The first-order valence-electron chi connectivity index (χ1n) is 4.59. The Kier molecular flexibility index (Phi) is 3.32. The summed E-state index contributed by atoms with van der Waals surface area (Å²) in [5.41, 5.74) is 4.69. The first-order valence-corrected chi connectivity index (χ1v) is 5.10. The molecule has 0 radical (unpaired) electrons. The number of aryl methyl sites for hydroxylation is 1. The summed E-state index contributed by atoms with van der Waals surface area (Å²) in [5.74, 6) is 0. The Morgan fingerprint density at radius 3 is 2.50 bits per heavy atom. The predicted octanol–water partition coefficient (Wildman–Crippen LogP) is 3.28. The average Bonchev–Trinajstić information content (AvgIpc) is 2.07. The lowest BCUT2D eigenvalue weighted by atomic mass is 9.91. The summed E-state index contributed by atoms with van der Waals surface area (Å²) in [5, 5.41) is 0. The van der Waals surface area contributed by atoms with Crippen molar-refractivity contribution in [3.63, 3.8) is 0 Å². The second kappa shape index (κ2) is 4.13. The third kappa shape index (κ3) is 2.58. The molecule has 76 valence electrons. The monoisotopic (exact) mass is 208 g/mol. The Bertz CT molecular complexity index is 351. The fourth-order valence-corrected chi connectivity index (χ4v) is 1.28. The van der Waals surface area contributed by atoms with Gasteiger partial charge in [-0.25, -0.2) is 4.99 Å². The molecule has 0 saturated carbocycles. The van der Waals surface area contributed by atoms with Gasteiger partial charge < -0.3 is 0 Å². The van der Waals surface area contributed by atoms with Crippen LogP contribution in [0, 0.1) is 6.92 Å². The normalized spacial score (nSPS) is 12.4. The summed E-state index contributed by atoms with van der Waals surface area (Å²) in [6.45, 7) is 8.48. The zero-order chi connectivity index (χ0) is 10.8. The first-order chi connectivity index (χ1) is 6.45. The molecule has 2 nitrogen and oxygen atoms in total. The third-order valence-electron chi connectivity index (χ3n) is 2.05. The second-order valence-electron chi connectivity index (χ2n) is 4.35. The van der Waals surface area contributed by atoms with Crippen LogP contribution in [0.5, 0.6) is 0 Å². The zero-order valence-corrected chi connectivity index (χ0v) is 9.97. The number of rotatable bonds is 1. The highest BCUT2D eigenvalue weighted by Gasteiger charge is 2.15. The van der Waals surface area contributed by atoms with E-state index in [-0.39, 0.29) is 5.41 Å². The van der Waals surface area contributed by atoms with Gasteiger partial charge in [-0.1, -0.05) is 20.8 Å². The number of thiol groups is 1. The Hall–Kier alpha value is -0.830. The van der Waals surface area contributed by atoms with Gasteiger partial charge >= 0.3 is 0 Å². The highest BCUT2D eigenvalue weighted by Crippen LogP contribution is 2.24. The molecule has 0 aliphatic heterocycles. The Morgan fingerprint density at radius 1 is 1.43 bits per heavy atom. The van der Waals surface area contributed by atoms with E-state index in [2.05, 4.69) is 49.4 Å². The molecule has 0 bridgehead atoms. The SMILES string of the molecule is Cc1cc(C(C)(C)C)ncc1/N=C\S. The van der Waals surface area contributed by atoms with Crippen molar-refractivity contribution in [3.05, 3.63) is 23.5 Å². The lowest BCUT2D eigenvalue weighted by Crippen LogP contribution is -2.13. The average molecular weight is 208 g/mol. The molecule has 0 N–H and O–H groups in total. The van der Waals surface area contributed by atoms with E-state index >= 15 is 0 Å². The topological polar surface area (TPSA) is 25.2 Å². The number of pyridine rings is 1. The minimum absolute atomic E-state index is 0.0912. The van der Waals surface area contributed by atoms with Crippen LogP contribution in [0.25, 0.3) is 0 Å². The van der Waals surface area contributed by atoms with Crippen molar-refractivity contribution in [2.75, 3.05) is 0 Å². The van der Waals surface area contributed by atoms with Gasteiger partial charge in [0.05, 0.1) is 17.4 Å². The van der Waals surface area contributed by atoms with E-state index in [4.69, 9.17) is 0 Å². The van der Waals surface area contributed by atoms with Crippen molar-refractivity contribution in [3.8, 4) is 0 Å². The highest BCUT2D eigenvalue weighted by atomic mass is 32.1. The molecule has 14 heavy (non-hydrogen) atoms. The van der Waals surface area contributed by atoms with E-state index in [1.165, 1.54) is 5.55 Å². The first kappa shape index (κ1) is 11.2. The molecule has 0 fully saturated rings. The lowest BCUT2D eigenvalue weighted by Gasteiger charge is -2.18. The van der Waals surface area contributed by atoms with E-state index in [1.54, 1.807) is 6.20 Å². The molecule has 0 atom stereocenters. The quantitative estimate of drug-likeness (QED) is 0.427. The lowest BCUT2D eigenvalue weighted by molar-refractivity contribution is 0.568. The maximum Gasteiger partial charge on any atom is 0.0848 e. The van der Waals surface area contributed by atoms with Crippen LogP contribution >= 0.6 is 12.6 Å². The van der Waals surface area contributed by atoms with Gasteiger partial charge in [-0.2, -0.15) is 0 Å². The number of nitrogens with zero attached hydrogens (tertiary/aromatic N) is 2. The Balaban J connectivity index is 3.13. The highest BCUT2D eigenvalue weighted by molar-refractivity contribution is 7.94. The summed E-state index contributed by atoms with van der Waals surface area (Å²) >= 11 is 3.94. The molecule has 1 rings (SSSR count). The zero-order valence-electron chi connectivity index (χ0n) is 9.07. The van der Waals surface area contributed by atoms with Crippen LogP contribution in [-0.4, -0.2) is 10.5 Å². The molecule has 0 aromatic carbocycles. The van der Waals surface area contributed by atoms with Crippen molar-refractivity contribution >= 4 is 23.9 Å². The molecule has 0 unspecified atom stereocenters. The van der Waals surface area contributed by atoms with E-state index < -0.39 is 0 Å². The van der Waals surface area contributed by atoms with Crippen molar-refractivity contribution in [2.24, 2.45) is 4.99 Å². The predicted molar refractivity (Wildman–Crippen MR) is 64.8 cm³/mol. The standard InChI is InChI=1S/C11H16N2S/c1-8-5-10(11(2,3)4)12-6-9(8)13-7-14/h5-7H,1-4H3,(H,13,14). The smallest absolute Gasteiger partial charge is 0.0848 e. The Labute approximate surface area is 90.9 Å². The van der Waals surface area contributed by atoms with Crippen LogP contribution in [0.4, 0.5) is 5.69 Å². The van der Waals surface area contributed by atoms with E-state index in [0.29, 0.717) is 0 Å². The molecule has 0 spiro atoms. The van der Waals surface area contributed by atoms with Gasteiger partial charge in [-0.05, 0) is 18.6 Å². The molecule has 0 aliphatic rings. The molecular weight excluding hydrogens is 192 g/mol. The van der Waals surface area contributed by atoms with E-state index in [9.17, 15) is 0 Å². The molecule has 1 heterocycles. The van der Waals surface area contributed by atoms with Gasteiger partial charge in [-0.15, -0.1) is 12.6 Å². The van der Waals surface area contributed by atoms with Gasteiger partial charge in [0.15, 0.2) is 0 Å². The van der Waals surface area contributed by atoms with Crippen molar-refractivity contribution < 1.29 is 0 Å². The van der Waals surface area contributed by atoms with Gasteiger partial charge in [0, 0.05) is 11.1 Å². The van der Waals surface area contributed by atoms with E-state index in [1.807, 2.05) is 6.92 Å². The summed E-state index contributed by atoms with van der Waals surface area (Å²) in [4.78, 5) is 8.49. The molecule has 0 amide bonds. The van der Waals surface area contributed by atoms with Gasteiger partial charge in [0.25, 0.3) is 0 Å². The number of hydrogen-bond acceptors (Lipinski definition) is 2. The molecule has 3 heteroatoms. The van der Waals surface area contributed by atoms with Crippen molar-refractivity contribution in [1.29, 1.82) is 0 Å². The van der Waals surface area contributed by atoms with Crippen molar-refractivity contribution in [1.82, 2.24) is 4.98 Å². The van der Waals surface area contributed by atoms with Crippen LogP contribution in [0.3, 0.4) is 0 Å². The van der Waals surface area contributed by atoms with Gasteiger partial charge in [0.1, 0.15) is 0 Å². The van der Waals surface area contributed by atoms with Gasteiger partial charge in [-0.3, -0.25) is 4.98 Å². The minimum Gasteiger partial charge on any atom is -0.258 e. The van der Waals surface area contributed by atoms with Crippen LogP contribution in [0.15, 0.2) is 17.3 Å². The van der Waals surface area contributed by atoms with Crippen LogP contribution in [0.1, 0.15) is 32.0 Å². The van der Waals surface area contributed by atoms with Crippen LogP contribution < -0.4 is 0 Å². The second-order valence-corrected chi connectivity index (χ2v) is 4.58. The summed E-state index contributed by atoms with van der Waals surface area (Å²) in [6.07, 6.45) is 1.79. The summed E-state index contributed by atoms with van der Waals surface area (Å²) in [7, 11) is 0. The maximum atomic E-state index is 4.38. The Morgan fingerprint density at radius 2 is 2.07 bits per heavy atom. The minimum atomic E-state index is 0.0912. The fourth-order valence-electron chi connectivity index (χ4n) is 1.16. The summed E-state index contributed by atoms with van der Waals surface area (Å²) < 4.78 is 0. The van der Waals surface area contributed by atoms with Gasteiger partial charge in [0.2, 0.25) is 0 Å². The van der Waals surface area contributed by atoms with Crippen LogP contribution in [0.2, 0.25) is 0 Å². The van der Waals surface area contributed by atoms with E-state index in [0.717, 1.165) is 16.9 Å². The number of hydrogen-bond donors (Lipinski definition) is 1.